The van der Waals surface area contributed by atoms with Gasteiger partial charge in [0, 0.05) is 26.1 Å². The minimum absolute atomic E-state index is 0.0133. The second kappa shape index (κ2) is 7.82. The Kier molecular flexibility index (Phi) is 4.89. The number of halogens is 1. The summed E-state index contributed by atoms with van der Waals surface area (Å²) in [6, 6.07) is 15.5. The van der Waals surface area contributed by atoms with E-state index in [1.807, 2.05) is 47.0 Å². The second-order valence-electron chi connectivity index (χ2n) is 9.80. The van der Waals surface area contributed by atoms with E-state index in [-0.39, 0.29) is 33.8 Å². The number of benzene rings is 2. The van der Waals surface area contributed by atoms with Crippen LogP contribution in [0, 0.1) is 29.6 Å². The Morgan fingerprint density at radius 2 is 1.94 bits per heavy atom. The van der Waals surface area contributed by atoms with E-state index in [4.69, 9.17) is 4.74 Å². The number of carboxylic acid groups (broad SMARTS) is 1. The molecule has 2 fully saturated rings. The van der Waals surface area contributed by atoms with Crippen LogP contribution < -0.4 is 9.61 Å². The molecule has 0 saturated heterocycles. The highest BCUT2D eigenvalue weighted by Gasteiger charge is 2.67. The number of thioether (sulfide) groups is 1. The van der Waals surface area contributed by atoms with Gasteiger partial charge < -0.3 is 9.84 Å². The van der Waals surface area contributed by atoms with E-state index in [2.05, 4.69) is 15.9 Å². The molecule has 4 aliphatic rings. The number of esters is 1. The van der Waals surface area contributed by atoms with Gasteiger partial charge in [0.05, 0.1) is 23.4 Å². The fraction of sp³-hybridized carbons (Fsp3) is 0.346. The molecule has 7 rings (SSSR count). The number of nitrogens with zero attached hydrogens (tertiary/aromatic N) is 1. The van der Waals surface area contributed by atoms with Gasteiger partial charge in [-0.15, -0.1) is 11.8 Å². The molecule has 3 aromatic rings. The van der Waals surface area contributed by atoms with Crippen molar-refractivity contribution in [2.24, 2.45) is 29.6 Å². The maximum atomic E-state index is 13.3. The van der Waals surface area contributed by atoms with E-state index in [0.29, 0.717) is 18.7 Å². The van der Waals surface area contributed by atoms with Gasteiger partial charge in [0.2, 0.25) is 0 Å². The number of hydrogen-bond acceptors (Lipinski definition) is 6. The molecule has 2 aliphatic heterocycles. The lowest BCUT2D eigenvalue weighted by Crippen LogP contribution is -2.49. The van der Waals surface area contributed by atoms with Crippen molar-refractivity contribution in [1.82, 2.24) is 4.57 Å². The van der Waals surface area contributed by atoms with E-state index >= 15 is 0 Å². The topological polar surface area (TPSA) is 85.6 Å². The van der Waals surface area contributed by atoms with Crippen LogP contribution >= 0.6 is 39.0 Å². The minimum atomic E-state index is -0.926. The Hall–Kier alpha value is -2.36. The number of carbonyl (C=O) groups is 2. The van der Waals surface area contributed by atoms with Crippen molar-refractivity contribution in [2.75, 3.05) is 0 Å². The summed E-state index contributed by atoms with van der Waals surface area (Å²) in [5.41, 5.74) is 1.94. The Bertz CT molecular complexity index is 1450. The number of hydrogen-bond donors (Lipinski definition) is 1. The van der Waals surface area contributed by atoms with Crippen molar-refractivity contribution in [3.63, 3.8) is 0 Å². The molecule has 35 heavy (non-hydrogen) atoms. The molecule has 6 nitrogen and oxygen atoms in total. The van der Waals surface area contributed by atoms with E-state index in [1.165, 1.54) is 11.3 Å². The van der Waals surface area contributed by atoms with Gasteiger partial charge in [-0.25, -0.2) is 0 Å². The zero-order chi connectivity index (χ0) is 24.0. The summed E-state index contributed by atoms with van der Waals surface area (Å²) in [4.78, 5) is 39.9. The van der Waals surface area contributed by atoms with Crippen molar-refractivity contribution in [2.45, 2.75) is 29.2 Å². The summed E-state index contributed by atoms with van der Waals surface area (Å²) < 4.78 is 8.61. The standard InChI is InChI=1S/C26H20BrNO5S2/c27-12-6-7-16-13(8-12)17-18-14-9-15(19(24(29)30)20(14)25(31)33-16)21(18)34-23-22(17)35-26(32)28(23)10-11-4-2-1-3-5-11/h1-8,14-15,17-21H,9-10H2,(H,29,30)/t14-,15-,17-,18-,19-,20-,21-/m0/s1. The Balaban J connectivity index is 1.45. The van der Waals surface area contributed by atoms with E-state index in [0.717, 1.165) is 25.5 Å². The molecule has 0 radical (unpaired) electrons. The summed E-state index contributed by atoms with van der Waals surface area (Å²) >= 11 is 6.52. The number of aliphatic carboxylic acids is 1. The van der Waals surface area contributed by atoms with Crippen LogP contribution in [0.25, 0.3) is 0 Å². The van der Waals surface area contributed by atoms with Crippen LogP contribution in [0.4, 0.5) is 0 Å². The third kappa shape index (κ3) is 3.10. The smallest absolute Gasteiger partial charge is 0.315 e. The predicted octanol–water partition coefficient (Wildman–Crippen LogP) is 4.83. The van der Waals surface area contributed by atoms with Gasteiger partial charge in [-0.05, 0) is 47.9 Å². The van der Waals surface area contributed by atoms with Gasteiger partial charge in [-0.2, -0.15) is 0 Å². The highest BCUT2D eigenvalue weighted by Crippen LogP contribution is 2.68. The maximum Gasteiger partial charge on any atom is 0.315 e. The first kappa shape index (κ1) is 21.9. The van der Waals surface area contributed by atoms with Gasteiger partial charge in [0.15, 0.2) is 0 Å². The third-order valence-corrected chi connectivity index (χ3v) is 11.5. The summed E-state index contributed by atoms with van der Waals surface area (Å²) in [6.45, 7) is 0.474. The van der Waals surface area contributed by atoms with E-state index in [9.17, 15) is 19.5 Å². The number of aromatic nitrogens is 1. The summed E-state index contributed by atoms with van der Waals surface area (Å²) in [5, 5.41) is 11.1. The molecule has 0 spiro atoms. The number of carbonyl (C=O) groups excluding carboxylic acids is 1. The number of rotatable bonds is 3. The molecule has 0 amide bonds. The van der Waals surface area contributed by atoms with Crippen LogP contribution in [0.5, 0.6) is 5.75 Å². The summed E-state index contributed by atoms with van der Waals surface area (Å²) in [6.07, 6.45) is 0.705. The van der Waals surface area contributed by atoms with Crippen molar-refractivity contribution in [3.05, 3.63) is 78.7 Å². The molecular formula is C26H20BrNO5S2. The minimum Gasteiger partial charge on any atom is -0.481 e. The van der Waals surface area contributed by atoms with Crippen molar-refractivity contribution < 1.29 is 19.4 Å². The van der Waals surface area contributed by atoms with Crippen LogP contribution in [0.3, 0.4) is 0 Å². The summed E-state index contributed by atoms with van der Waals surface area (Å²) in [7, 11) is 0. The van der Waals surface area contributed by atoms with Crippen LogP contribution in [0.1, 0.15) is 28.3 Å². The van der Waals surface area contributed by atoms with Crippen molar-refractivity contribution in [1.29, 1.82) is 0 Å². The second-order valence-corrected chi connectivity index (χ2v) is 12.9. The van der Waals surface area contributed by atoms with Gasteiger partial charge in [0.25, 0.3) is 0 Å². The highest BCUT2D eigenvalue weighted by molar-refractivity contribution is 9.10. The third-order valence-electron chi connectivity index (χ3n) is 8.20. The number of fused-ring (bicyclic) bond motifs is 6. The number of thiazole rings is 1. The molecule has 9 heteroatoms. The zero-order valence-electron chi connectivity index (χ0n) is 18.3. The Morgan fingerprint density at radius 1 is 1.14 bits per heavy atom. The van der Waals surface area contributed by atoms with Gasteiger partial charge in [-0.1, -0.05) is 57.6 Å². The molecule has 2 saturated carbocycles. The Morgan fingerprint density at radius 3 is 2.71 bits per heavy atom. The predicted molar refractivity (Wildman–Crippen MR) is 135 cm³/mol. The molecule has 0 unspecified atom stereocenters. The molecule has 1 N–H and O–H groups in total. The first-order chi connectivity index (χ1) is 16.9. The quantitative estimate of drug-likeness (QED) is 0.359. The van der Waals surface area contributed by atoms with Gasteiger partial charge in [0.1, 0.15) is 5.75 Å². The molecule has 2 aliphatic carbocycles. The monoisotopic (exact) mass is 569 g/mol. The first-order valence-corrected chi connectivity index (χ1v) is 14.1. The van der Waals surface area contributed by atoms with Crippen LogP contribution in [0.2, 0.25) is 0 Å². The fourth-order valence-electron chi connectivity index (χ4n) is 6.98. The van der Waals surface area contributed by atoms with Gasteiger partial charge >= 0.3 is 16.8 Å². The molecule has 7 atom stereocenters. The van der Waals surface area contributed by atoms with Crippen molar-refractivity contribution >= 4 is 51.0 Å². The lowest BCUT2D eigenvalue weighted by molar-refractivity contribution is -0.156. The first-order valence-electron chi connectivity index (χ1n) is 11.6. The van der Waals surface area contributed by atoms with Crippen molar-refractivity contribution in [3.8, 4) is 5.75 Å². The molecule has 2 aromatic carbocycles. The lowest BCUT2D eigenvalue weighted by atomic mass is 9.66. The highest BCUT2D eigenvalue weighted by atomic mass is 79.9. The zero-order valence-corrected chi connectivity index (χ0v) is 21.5. The molecule has 1 aromatic heterocycles. The molecule has 3 heterocycles. The molecule has 178 valence electrons. The molecular weight excluding hydrogens is 550 g/mol. The lowest BCUT2D eigenvalue weighted by Gasteiger charge is -2.46. The Labute approximate surface area is 217 Å². The normalized spacial score (nSPS) is 31.8. The molecule has 2 bridgehead atoms. The number of carboxylic acids is 1. The van der Waals surface area contributed by atoms with E-state index in [1.54, 1.807) is 17.8 Å². The summed E-state index contributed by atoms with van der Waals surface area (Å²) in [5.74, 6) is -2.53. The largest absolute Gasteiger partial charge is 0.481 e. The van der Waals surface area contributed by atoms with Crippen LogP contribution in [-0.2, 0) is 16.1 Å². The van der Waals surface area contributed by atoms with E-state index < -0.39 is 23.8 Å². The fourth-order valence-corrected chi connectivity index (χ4v) is 10.5. The number of ether oxygens (including phenoxy) is 1. The van der Waals surface area contributed by atoms with Crippen LogP contribution in [0.15, 0.2) is 62.8 Å². The average molecular weight is 570 g/mol. The van der Waals surface area contributed by atoms with Gasteiger partial charge in [-0.3, -0.25) is 19.0 Å². The van der Waals surface area contributed by atoms with Crippen LogP contribution in [-0.4, -0.2) is 26.9 Å². The maximum absolute atomic E-state index is 13.3. The average Bonchev–Trinajstić information content (AvgIpc) is 3.49. The SMILES string of the molecule is O=C(O)[C@H]1[C@@H]2C[C@@H]3[C@@H]1C(=O)Oc1ccc(Br)cc1[C@@H]1c4sc(=O)n(Cc5ccccc5)c4S[C@@H]2[C@H]13.